The first-order valence-corrected chi connectivity index (χ1v) is 6.98. The van der Waals surface area contributed by atoms with Gasteiger partial charge in [-0.3, -0.25) is 9.58 Å². The van der Waals surface area contributed by atoms with Crippen LogP contribution in [0.3, 0.4) is 0 Å². The van der Waals surface area contributed by atoms with Gasteiger partial charge in [0.2, 0.25) is 0 Å². The lowest BCUT2D eigenvalue weighted by molar-refractivity contribution is 0.127. The van der Waals surface area contributed by atoms with Gasteiger partial charge in [-0.05, 0) is 44.8 Å². The highest BCUT2D eigenvalue weighted by Crippen LogP contribution is 2.19. The van der Waals surface area contributed by atoms with Crippen molar-refractivity contribution in [3.63, 3.8) is 0 Å². The van der Waals surface area contributed by atoms with E-state index >= 15 is 0 Å². The van der Waals surface area contributed by atoms with E-state index in [1.54, 1.807) is 0 Å². The van der Waals surface area contributed by atoms with E-state index in [0.717, 1.165) is 25.9 Å². The van der Waals surface area contributed by atoms with Gasteiger partial charge in [-0.1, -0.05) is 6.42 Å². The lowest BCUT2D eigenvalue weighted by Gasteiger charge is -2.35. The van der Waals surface area contributed by atoms with Crippen LogP contribution in [0.4, 0.5) is 0 Å². The van der Waals surface area contributed by atoms with Crippen LogP contribution < -0.4 is 0 Å². The van der Waals surface area contributed by atoms with Crippen molar-refractivity contribution in [2.24, 2.45) is 0 Å². The van der Waals surface area contributed by atoms with Gasteiger partial charge in [0.15, 0.2) is 0 Å². The second-order valence-electron chi connectivity index (χ2n) is 5.03. The van der Waals surface area contributed by atoms with Gasteiger partial charge in [-0.2, -0.15) is 10.4 Å². The predicted molar refractivity (Wildman–Crippen MR) is 70.9 cm³/mol. The van der Waals surface area contributed by atoms with Gasteiger partial charge in [0.1, 0.15) is 0 Å². The van der Waals surface area contributed by atoms with Crippen molar-refractivity contribution in [1.82, 2.24) is 14.7 Å². The van der Waals surface area contributed by atoms with Crippen LogP contribution in [0.2, 0.25) is 0 Å². The maximum absolute atomic E-state index is 8.55. The highest BCUT2D eigenvalue weighted by atomic mass is 15.3. The third-order valence-corrected chi connectivity index (χ3v) is 3.69. The van der Waals surface area contributed by atoms with E-state index in [1.807, 2.05) is 23.1 Å². The largest absolute Gasteiger partial charge is 0.299 e. The lowest BCUT2D eigenvalue weighted by atomic mass is 10.0. The number of rotatable bonds is 6. The SMILES string of the molecule is N#CCCCCN1CCCC[C@H]1Cn1cccn1. The van der Waals surface area contributed by atoms with Gasteiger partial charge in [0.05, 0.1) is 12.6 Å². The monoisotopic (exact) mass is 246 g/mol. The van der Waals surface area contributed by atoms with Crippen LogP contribution in [0.25, 0.3) is 0 Å². The fourth-order valence-corrected chi connectivity index (χ4v) is 2.70. The molecule has 0 amide bonds. The topological polar surface area (TPSA) is 44.9 Å². The number of aromatic nitrogens is 2. The molecule has 1 aliphatic rings. The normalized spacial score (nSPS) is 20.7. The Balaban J connectivity index is 1.80. The van der Waals surface area contributed by atoms with E-state index in [9.17, 15) is 0 Å². The molecule has 0 aliphatic carbocycles. The number of hydrogen-bond donors (Lipinski definition) is 0. The summed E-state index contributed by atoms with van der Waals surface area (Å²) in [5.74, 6) is 0. The zero-order valence-corrected chi connectivity index (χ0v) is 11.0. The van der Waals surface area contributed by atoms with Crippen LogP contribution in [0, 0.1) is 11.3 Å². The number of nitrogens with zero attached hydrogens (tertiary/aromatic N) is 4. The molecular formula is C14H22N4. The summed E-state index contributed by atoms with van der Waals surface area (Å²) in [4.78, 5) is 2.59. The van der Waals surface area contributed by atoms with Crippen molar-refractivity contribution in [1.29, 1.82) is 5.26 Å². The molecule has 2 heterocycles. The summed E-state index contributed by atoms with van der Waals surface area (Å²) in [5.41, 5.74) is 0. The molecule has 1 atom stereocenters. The second kappa shape index (κ2) is 7.17. The molecule has 18 heavy (non-hydrogen) atoms. The van der Waals surface area contributed by atoms with E-state index in [2.05, 4.69) is 16.1 Å². The number of piperidine rings is 1. The summed E-state index contributed by atoms with van der Waals surface area (Å²) in [6.45, 7) is 3.34. The average molecular weight is 246 g/mol. The Morgan fingerprint density at radius 3 is 3.06 bits per heavy atom. The Labute approximate surface area is 109 Å². The quantitative estimate of drug-likeness (QED) is 0.724. The van der Waals surface area contributed by atoms with E-state index < -0.39 is 0 Å². The number of unbranched alkanes of at least 4 members (excludes halogenated alkanes) is 2. The minimum Gasteiger partial charge on any atom is -0.299 e. The van der Waals surface area contributed by atoms with E-state index in [-0.39, 0.29) is 0 Å². The first kappa shape index (κ1) is 13.1. The van der Waals surface area contributed by atoms with Crippen LogP contribution in [0.15, 0.2) is 18.5 Å². The van der Waals surface area contributed by atoms with Crippen LogP contribution in [-0.4, -0.2) is 33.8 Å². The molecule has 0 aromatic carbocycles. The molecule has 0 radical (unpaired) electrons. The molecule has 0 unspecified atom stereocenters. The first-order chi connectivity index (χ1) is 8.90. The molecule has 0 N–H and O–H groups in total. The zero-order valence-electron chi connectivity index (χ0n) is 11.0. The smallest absolute Gasteiger partial charge is 0.0621 e. The summed E-state index contributed by atoms with van der Waals surface area (Å²) in [6, 6.07) is 4.83. The highest BCUT2D eigenvalue weighted by molar-refractivity contribution is 4.82. The molecular weight excluding hydrogens is 224 g/mol. The van der Waals surface area contributed by atoms with Crippen LogP contribution >= 0.6 is 0 Å². The van der Waals surface area contributed by atoms with Gasteiger partial charge in [0, 0.05) is 24.9 Å². The van der Waals surface area contributed by atoms with Crippen molar-refractivity contribution in [2.45, 2.75) is 51.1 Å². The van der Waals surface area contributed by atoms with Crippen LogP contribution in [0.5, 0.6) is 0 Å². The molecule has 0 spiro atoms. The molecule has 2 rings (SSSR count). The maximum atomic E-state index is 8.55. The molecule has 4 nitrogen and oxygen atoms in total. The van der Waals surface area contributed by atoms with Crippen molar-refractivity contribution >= 4 is 0 Å². The molecule has 1 aromatic rings. The Bertz CT molecular complexity index is 366. The fourth-order valence-electron chi connectivity index (χ4n) is 2.70. The predicted octanol–water partition coefficient (Wildman–Crippen LogP) is 2.43. The molecule has 1 saturated heterocycles. The summed E-state index contributed by atoms with van der Waals surface area (Å²) in [5, 5.41) is 12.9. The highest BCUT2D eigenvalue weighted by Gasteiger charge is 2.22. The number of nitriles is 1. The maximum Gasteiger partial charge on any atom is 0.0621 e. The average Bonchev–Trinajstić information content (AvgIpc) is 2.89. The van der Waals surface area contributed by atoms with Crippen LogP contribution in [0.1, 0.15) is 38.5 Å². The molecule has 0 saturated carbocycles. The number of hydrogen-bond acceptors (Lipinski definition) is 3. The molecule has 1 aliphatic heterocycles. The van der Waals surface area contributed by atoms with Crippen LogP contribution in [-0.2, 0) is 6.54 Å². The van der Waals surface area contributed by atoms with Crippen molar-refractivity contribution < 1.29 is 0 Å². The summed E-state index contributed by atoms with van der Waals surface area (Å²) in [6.07, 6.45) is 10.7. The third-order valence-electron chi connectivity index (χ3n) is 3.69. The lowest BCUT2D eigenvalue weighted by Crippen LogP contribution is -2.42. The Morgan fingerprint density at radius 2 is 2.28 bits per heavy atom. The van der Waals surface area contributed by atoms with Crippen molar-refractivity contribution in [2.75, 3.05) is 13.1 Å². The fraction of sp³-hybridized carbons (Fsp3) is 0.714. The molecule has 0 bridgehead atoms. The summed E-state index contributed by atoms with van der Waals surface area (Å²) in [7, 11) is 0. The summed E-state index contributed by atoms with van der Waals surface area (Å²) < 4.78 is 2.04. The standard InChI is InChI=1S/C14H22N4/c15-8-3-1-4-10-17-11-5-2-7-14(17)13-18-12-6-9-16-18/h6,9,12,14H,1-5,7,10-11,13H2/t14-/m0/s1. The van der Waals surface area contributed by atoms with E-state index in [1.165, 1.54) is 25.8 Å². The van der Waals surface area contributed by atoms with E-state index in [0.29, 0.717) is 12.5 Å². The molecule has 4 heteroatoms. The van der Waals surface area contributed by atoms with Crippen molar-refractivity contribution in [3.8, 4) is 6.07 Å². The van der Waals surface area contributed by atoms with Gasteiger partial charge in [0.25, 0.3) is 0 Å². The minimum absolute atomic E-state index is 0.626. The van der Waals surface area contributed by atoms with Gasteiger partial charge in [-0.25, -0.2) is 0 Å². The number of likely N-dealkylation sites (tertiary alicyclic amines) is 1. The molecule has 1 aromatic heterocycles. The van der Waals surface area contributed by atoms with Gasteiger partial charge < -0.3 is 0 Å². The Kier molecular flexibility index (Phi) is 5.22. The van der Waals surface area contributed by atoms with Gasteiger partial charge in [-0.15, -0.1) is 0 Å². The summed E-state index contributed by atoms with van der Waals surface area (Å²) >= 11 is 0. The second-order valence-corrected chi connectivity index (χ2v) is 5.03. The molecule has 1 fully saturated rings. The third kappa shape index (κ3) is 3.85. The Morgan fingerprint density at radius 1 is 1.33 bits per heavy atom. The molecule has 98 valence electrons. The Hall–Kier alpha value is -1.34. The van der Waals surface area contributed by atoms with Gasteiger partial charge >= 0.3 is 0 Å². The van der Waals surface area contributed by atoms with Crippen molar-refractivity contribution in [3.05, 3.63) is 18.5 Å². The minimum atomic E-state index is 0.626. The zero-order chi connectivity index (χ0) is 12.6. The van der Waals surface area contributed by atoms with E-state index in [4.69, 9.17) is 5.26 Å². The first-order valence-electron chi connectivity index (χ1n) is 6.98.